The van der Waals surface area contributed by atoms with Gasteiger partial charge in [0, 0.05) is 30.9 Å². The average molecular weight is 339 g/mol. The molecule has 0 bridgehead atoms. The molecule has 1 amide bonds. The van der Waals surface area contributed by atoms with Crippen molar-refractivity contribution in [2.75, 3.05) is 6.54 Å². The molecule has 2 aromatic heterocycles. The number of hydrogen-bond donors (Lipinski definition) is 1. The summed E-state index contributed by atoms with van der Waals surface area (Å²) >= 11 is 0. The Labute approximate surface area is 148 Å². The summed E-state index contributed by atoms with van der Waals surface area (Å²) in [4.78, 5) is 19.5. The molecule has 4 rings (SSSR count). The molecule has 1 aliphatic heterocycles. The Hall–Kier alpha value is -2.14. The van der Waals surface area contributed by atoms with E-state index in [1.54, 1.807) is 12.5 Å². The van der Waals surface area contributed by atoms with E-state index < -0.39 is 0 Å². The first-order valence-corrected chi connectivity index (χ1v) is 9.31. The van der Waals surface area contributed by atoms with Gasteiger partial charge in [-0.05, 0) is 49.9 Å². The van der Waals surface area contributed by atoms with Crippen LogP contribution in [0.25, 0.3) is 0 Å². The third-order valence-electron chi connectivity index (χ3n) is 5.39. The summed E-state index contributed by atoms with van der Waals surface area (Å²) < 4.78 is 5.54. The van der Waals surface area contributed by atoms with Crippen LogP contribution in [-0.2, 0) is 17.8 Å². The minimum atomic E-state index is -0.0498. The first kappa shape index (κ1) is 16.3. The Morgan fingerprint density at radius 1 is 1.28 bits per heavy atom. The number of pyridine rings is 1. The molecule has 0 saturated carbocycles. The van der Waals surface area contributed by atoms with Gasteiger partial charge in [-0.25, -0.2) is 0 Å². The zero-order valence-electron chi connectivity index (χ0n) is 14.5. The zero-order valence-corrected chi connectivity index (χ0v) is 14.5. The smallest absolute Gasteiger partial charge is 0.237 e. The van der Waals surface area contributed by atoms with E-state index in [2.05, 4.69) is 21.3 Å². The predicted octanol–water partition coefficient (Wildman–Crippen LogP) is 3.22. The molecule has 1 saturated heterocycles. The van der Waals surface area contributed by atoms with Crippen LogP contribution in [0.1, 0.15) is 55.0 Å². The number of hydrogen-bond acceptors (Lipinski definition) is 4. The van der Waals surface area contributed by atoms with Crippen LogP contribution in [0.4, 0.5) is 0 Å². The SMILES string of the molecule is O=C(N[C@H]1CCCc2occc21)[C@H]1CCCCN1Cc1cccnc1. The fraction of sp³-hybridized carbons (Fsp3) is 0.500. The number of furan rings is 1. The molecule has 0 unspecified atom stereocenters. The summed E-state index contributed by atoms with van der Waals surface area (Å²) in [6, 6.07) is 6.09. The van der Waals surface area contributed by atoms with E-state index in [0.29, 0.717) is 0 Å². The second-order valence-electron chi connectivity index (χ2n) is 7.10. The summed E-state index contributed by atoms with van der Waals surface area (Å²) in [5.74, 6) is 1.19. The van der Waals surface area contributed by atoms with Crippen molar-refractivity contribution in [2.45, 2.75) is 57.2 Å². The lowest BCUT2D eigenvalue weighted by molar-refractivity contribution is -0.128. The Kier molecular flexibility index (Phi) is 4.83. The van der Waals surface area contributed by atoms with Crippen LogP contribution in [0.2, 0.25) is 0 Å². The van der Waals surface area contributed by atoms with Gasteiger partial charge in [-0.1, -0.05) is 12.5 Å². The quantitative estimate of drug-likeness (QED) is 0.929. The number of piperidine rings is 1. The molecular formula is C20H25N3O2. The van der Waals surface area contributed by atoms with Gasteiger partial charge in [0.25, 0.3) is 0 Å². The van der Waals surface area contributed by atoms with Crippen LogP contribution >= 0.6 is 0 Å². The van der Waals surface area contributed by atoms with E-state index in [1.165, 1.54) is 0 Å². The molecule has 2 atom stereocenters. The molecule has 2 aliphatic rings. The maximum Gasteiger partial charge on any atom is 0.237 e. The van der Waals surface area contributed by atoms with Gasteiger partial charge in [0.05, 0.1) is 18.3 Å². The van der Waals surface area contributed by atoms with E-state index in [9.17, 15) is 4.79 Å². The highest BCUT2D eigenvalue weighted by Gasteiger charge is 2.32. The van der Waals surface area contributed by atoms with Crippen LogP contribution in [0.5, 0.6) is 0 Å². The van der Waals surface area contributed by atoms with Gasteiger partial charge in [-0.2, -0.15) is 0 Å². The Bertz CT molecular complexity index is 713. The number of nitrogens with zero attached hydrogens (tertiary/aromatic N) is 2. The first-order chi connectivity index (χ1) is 12.3. The van der Waals surface area contributed by atoms with Crippen LogP contribution in [0.3, 0.4) is 0 Å². The van der Waals surface area contributed by atoms with Crippen molar-refractivity contribution in [1.82, 2.24) is 15.2 Å². The maximum absolute atomic E-state index is 13.0. The number of nitrogens with one attached hydrogen (secondary N) is 1. The van der Waals surface area contributed by atoms with Gasteiger partial charge in [0.1, 0.15) is 5.76 Å². The summed E-state index contributed by atoms with van der Waals surface area (Å²) in [5, 5.41) is 3.29. The third kappa shape index (κ3) is 3.61. The van der Waals surface area contributed by atoms with Gasteiger partial charge in [0.2, 0.25) is 5.91 Å². The van der Waals surface area contributed by atoms with Crippen LogP contribution in [0.15, 0.2) is 41.3 Å². The van der Waals surface area contributed by atoms with Crippen LogP contribution in [-0.4, -0.2) is 28.4 Å². The van der Waals surface area contributed by atoms with Crippen molar-refractivity contribution < 1.29 is 9.21 Å². The monoisotopic (exact) mass is 339 g/mol. The van der Waals surface area contributed by atoms with E-state index in [-0.39, 0.29) is 18.0 Å². The number of aryl methyl sites for hydroxylation is 1. The molecule has 0 aromatic carbocycles. The van der Waals surface area contributed by atoms with Gasteiger partial charge in [0.15, 0.2) is 0 Å². The fourth-order valence-electron chi connectivity index (χ4n) is 4.11. The van der Waals surface area contributed by atoms with Crippen LogP contribution < -0.4 is 5.32 Å². The van der Waals surface area contributed by atoms with Crippen molar-refractivity contribution in [3.63, 3.8) is 0 Å². The topological polar surface area (TPSA) is 58.4 Å². The van der Waals surface area contributed by atoms with Crippen molar-refractivity contribution in [3.8, 4) is 0 Å². The normalized spacial score (nSPS) is 23.8. The molecule has 0 spiro atoms. The summed E-state index contributed by atoms with van der Waals surface area (Å²) in [6.07, 6.45) is 11.6. The molecule has 1 N–H and O–H groups in total. The molecule has 132 valence electrons. The number of aromatic nitrogens is 1. The minimum Gasteiger partial charge on any atom is -0.469 e. The van der Waals surface area contributed by atoms with Crippen molar-refractivity contribution in [1.29, 1.82) is 0 Å². The lowest BCUT2D eigenvalue weighted by Gasteiger charge is -2.36. The Balaban J connectivity index is 1.45. The predicted molar refractivity (Wildman–Crippen MR) is 94.8 cm³/mol. The molecule has 1 fully saturated rings. The molecule has 5 nitrogen and oxygen atoms in total. The Morgan fingerprint density at radius 2 is 2.24 bits per heavy atom. The average Bonchev–Trinajstić information content (AvgIpc) is 3.13. The van der Waals surface area contributed by atoms with Crippen molar-refractivity contribution in [3.05, 3.63) is 53.7 Å². The van der Waals surface area contributed by atoms with Crippen molar-refractivity contribution in [2.24, 2.45) is 0 Å². The molecule has 0 radical (unpaired) electrons. The third-order valence-corrected chi connectivity index (χ3v) is 5.39. The number of carbonyl (C=O) groups is 1. The van der Waals surface area contributed by atoms with Gasteiger partial charge in [-0.3, -0.25) is 14.7 Å². The van der Waals surface area contributed by atoms with Gasteiger partial charge in [-0.15, -0.1) is 0 Å². The van der Waals surface area contributed by atoms with E-state index in [1.807, 2.05) is 18.3 Å². The maximum atomic E-state index is 13.0. The molecular weight excluding hydrogens is 314 g/mol. The molecule has 2 aromatic rings. The fourth-order valence-corrected chi connectivity index (χ4v) is 4.11. The second kappa shape index (κ2) is 7.40. The van der Waals surface area contributed by atoms with Crippen molar-refractivity contribution >= 4 is 5.91 Å². The largest absolute Gasteiger partial charge is 0.469 e. The summed E-state index contributed by atoms with van der Waals surface area (Å²) in [7, 11) is 0. The lowest BCUT2D eigenvalue weighted by Crippen LogP contribution is -2.50. The standard InChI is InChI=1S/C20H25N3O2/c24-20(22-17-6-3-8-19-16(17)9-12-25-19)18-7-1-2-11-23(18)14-15-5-4-10-21-13-15/h4-5,9-10,12-13,17-18H,1-3,6-8,11,14H2,(H,22,24)/t17-,18+/m0/s1. The van der Waals surface area contributed by atoms with Crippen LogP contribution in [0, 0.1) is 0 Å². The molecule has 25 heavy (non-hydrogen) atoms. The number of likely N-dealkylation sites (tertiary alicyclic amines) is 1. The van der Waals surface area contributed by atoms with E-state index in [4.69, 9.17) is 4.42 Å². The van der Waals surface area contributed by atoms with E-state index >= 15 is 0 Å². The summed E-state index contributed by atoms with van der Waals surface area (Å²) in [5.41, 5.74) is 2.33. The molecule has 1 aliphatic carbocycles. The highest BCUT2D eigenvalue weighted by Crippen LogP contribution is 2.31. The number of amides is 1. The number of carbonyl (C=O) groups excluding carboxylic acids is 1. The molecule has 5 heteroatoms. The molecule has 3 heterocycles. The lowest BCUT2D eigenvalue weighted by atomic mass is 9.92. The number of rotatable bonds is 4. The Morgan fingerprint density at radius 3 is 3.12 bits per heavy atom. The number of fused-ring (bicyclic) bond motifs is 1. The highest BCUT2D eigenvalue weighted by atomic mass is 16.3. The van der Waals surface area contributed by atoms with E-state index in [0.717, 1.165) is 68.5 Å². The van der Waals surface area contributed by atoms with Gasteiger partial charge >= 0.3 is 0 Å². The summed E-state index contributed by atoms with van der Waals surface area (Å²) in [6.45, 7) is 1.75. The second-order valence-corrected chi connectivity index (χ2v) is 7.10. The highest BCUT2D eigenvalue weighted by molar-refractivity contribution is 5.82. The zero-order chi connectivity index (χ0) is 17.1. The minimum absolute atomic E-state index is 0.0498. The van der Waals surface area contributed by atoms with Gasteiger partial charge < -0.3 is 9.73 Å². The first-order valence-electron chi connectivity index (χ1n) is 9.31.